The molecule has 0 radical (unpaired) electrons. The third-order valence-corrected chi connectivity index (χ3v) is 4.69. The monoisotopic (exact) mass is 365 g/mol. The van der Waals surface area contributed by atoms with Gasteiger partial charge in [-0.3, -0.25) is 19.3 Å². The van der Waals surface area contributed by atoms with E-state index in [2.05, 4.69) is 13.8 Å². The summed E-state index contributed by atoms with van der Waals surface area (Å²) in [5.41, 5.74) is 2.90. The lowest BCUT2D eigenvalue weighted by Crippen LogP contribution is -2.33. The number of para-hydroxylation sites is 1. The van der Waals surface area contributed by atoms with Gasteiger partial charge in [-0.2, -0.15) is 0 Å². The van der Waals surface area contributed by atoms with E-state index in [4.69, 9.17) is 4.74 Å². The van der Waals surface area contributed by atoms with Crippen LogP contribution in [0.5, 0.6) is 0 Å². The van der Waals surface area contributed by atoms with Gasteiger partial charge in [-0.05, 0) is 42.5 Å². The molecule has 1 heterocycles. The van der Waals surface area contributed by atoms with Crippen LogP contribution in [0.4, 0.5) is 5.69 Å². The van der Waals surface area contributed by atoms with Crippen LogP contribution in [0.1, 0.15) is 48.2 Å². The number of carbonyl (C=O) groups excluding carboxylic acids is 3. The average Bonchev–Trinajstić information content (AvgIpc) is 2.90. The Bertz CT molecular complexity index is 870. The van der Waals surface area contributed by atoms with Crippen LogP contribution in [0.25, 0.3) is 0 Å². The van der Waals surface area contributed by atoms with Crippen LogP contribution < -0.4 is 4.90 Å². The van der Waals surface area contributed by atoms with Crippen molar-refractivity contribution in [2.24, 2.45) is 5.92 Å². The van der Waals surface area contributed by atoms with E-state index in [-0.39, 0.29) is 6.73 Å². The quantitative estimate of drug-likeness (QED) is 0.578. The van der Waals surface area contributed by atoms with Crippen molar-refractivity contribution in [2.75, 3.05) is 11.6 Å². The lowest BCUT2D eigenvalue weighted by molar-refractivity contribution is -0.145. The Morgan fingerprint density at radius 2 is 1.67 bits per heavy atom. The number of fused-ring (bicyclic) bond motifs is 1. The zero-order valence-electron chi connectivity index (χ0n) is 15.8. The van der Waals surface area contributed by atoms with Gasteiger partial charge in [0.25, 0.3) is 5.78 Å². The Labute approximate surface area is 158 Å². The number of rotatable bonds is 6. The van der Waals surface area contributed by atoms with Crippen LogP contribution in [0.3, 0.4) is 0 Å². The first-order valence-corrected chi connectivity index (χ1v) is 9.09. The highest BCUT2D eigenvalue weighted by atomic mass is 16.5. The lowest BCUT2D eigenvalue weighted by Gasteiger charge is -2.18. The second-order valence-electron chi connectivity index (χ2n) is 7.23. The minimum atomic E-state index is -0.672. The fraction of sp³-hybridized carbons (Fsp3) is 0.318. The molecule has 0 bridgehead atoms. The zero-order chi connectivity index (χ0) is 19.6. The maximum atomic E-state index is 12.4. The van der Waals surface area contributed by atoms with Crippen LogP contribution in [0, 0.1) is 5.92 Å². The van der Waals surface area contributed by atoms with Gasteiger partial charge in [0.05, 0.1) is 17.2 Å². The number of hydrogen-bond donors (Lipinski definition) is 0. The Balaban J connectivity index is 1.64. The molecule has 1 aliphatic rings. The van der Waals surface area contributed by atoms with Gasteiger partial charge >= 0.3 is 11.9 Å². The molecule has 0 spiro atoms. The topological polar surface area (TPSA) is 63.7 Å². The van der Waals surface area contributed by atoms with Crippen LogP contribution >= 0.6 is 0 Å². The molecular weight excluding hydrogens is 342 g/mol. The SMILES string of the molecule is CC(C)Cc1ccc(C(C)C(=O)OCN2C(=O)C(=O)c3ccccc32)cc1. The number of nitrogens with zero attached hydrogens (tertiary/aromatic N) is 1. The summed E-state index contributed by atoms with van der Waals surface area (Å²) in [6, 6.07) is 14.6. The van der Waals surface area contributed by atoms with Crippen LogP contribution in [-0.2, 0) is 20.7 Å². The molecule has 1 atom stereocenters. The van der Waals surface area contributed by atoms with Crippen molar-refractivity contribution in [2.45, 2.75) is 33.1 Å². The molecule has 0 aromatic heterocycles. The normalized spacial score (nSPS) is 14.4. The predicted octanol–water partition coefficient (Wildman–Crippen LogP) is 3.72. The zero-order valence-corrected chi connectivity index (χ0v) is 15.8. The van der Waals surface area contributed by atoms with E-state index in [1.807, 2.05) is 24.3 Å². The first-order valence-electron chi connectivity index (χ1n) is 9.09. The van der Waals surface area contributed by atoms with E-state index in [1.54, 1.807) is 31.2 Å². The number of benzene rings is 2. The second-order valence-corrected chi connectivity index (χ2v) is 7.23. The third kappa shape index (κ3) is 3.92. The fourth-order valence-electron chi connectivity index (χ4n) is 3.18. The smallest absolute Gasteiger partial charge is 0.314 e. The van der Waals surface area contributed by atoms with Crippen molar-refractivity contribution in [1.82, 2.24) is 0 Å². The van der Waals surface area contributed by atoms with Crippen LogP contribution in [0.2, 0.25) is 0 Å². The molecule has 5 heteroatoms. The highest BCUT2D eigenvalue weighted by molar-refractivity contribution is 6.52. The highest BCUT2D eigenvalue weighted by Crippen LogP contribution is 2.28. The molecule has 0 fully saturated rings. The minimum absolute atomic E-state index is 0.268. The predicted molar refractivity (Wildman–Crippen MR) is 103 cm³/mol. The van der Waals surface area contributed by atoms with Gasteiger partial charge in [0.2, 0.25) is 0 Å². The third-order valence-electron chi connectivity index (χ3n) is 4.69. The Morgan fingerprint density at radius 1 is 1.00 bits per heavy atom. The molecule has 1 unspecified atom stereocenters. The molecule has 1 amide bonds. The number of hydrogen-bond acceptors (Lipinski definition) is 4. The first-order chi connectivity index (χ1) is 12.9. The number of ketones is 1. The van der Waals surface area contributed by atoms with Gasteiger partial charge in [0, 0.05) is 0 Å². The maximum Gasteiger partial charge on any atom is 0.314 e. The molecule has 0 aliphatic carbocycles. The summed E-state index contributed by atoms with van der Waals surface area (Å²) < 4.78 is 5.33. The number of esters is 1. The summed E-state index contributed by atoms with van der Waals surface area (Å²) in [6.07, 6.45) is 0.990. The summed E-state index contributed by atoms with van der Waals surface area (Å²) in [5.74, 6) is -1.56. The Morgan fingerprint density at radius 3 is 2.33 bits per heavy atom. The van der Waals surface area contributed by atoms with Crippen molar-refractivity contribution >= 4 is 23.3 Å². The molecule has 5 nitrogen and oxygen atoms in total. The maximum absolute atomic E-state index is 12.4. The van der Waals surface area contributed by atoms with Crippen LogP contribution in [-0.4, -0.2) is 24.4 Å². The van der Waals surface area contributed by atoms with Crippen molar-refractivity contribution < 1.29 is 19.1 Å². The molecule has 27 heavy (non-hydrogen) atoms. The van der Waals surface area contributed by atoms with Crippen molar-refractivity contribution in [3.63, 3.8) is 0 Å². The van der Waals surface area contributed by atoms with Gasteiger partial charge in [-0.15, -0.1) is 0 Å². The van der Waals surface area contributed by atoms with Crippen LogP contribution in [0.15, 0.2) is 48.5 Å². The molecule has 1 aliphatic heterocycles. The summed E-state index contributed by atoms with van der Waals surface area (Å²) in [5, 5.41) is 0. The second kappa shape index (κ2) is 7.74. The Kier molecular flexibility index (Phi) is 5.40. The number of Topliss-reactive ketones (excluding diaryl/α,β-unsaturated/α-hetero) is 1. The molecule has 140 valence electrons. The van der Waals surface area contributed by atoms with Crippen molar-refractivity contribution in [1.29, 1.82) is 0 Å². The van der Waals surface area contributed by atoms with Gasteiger partial charge in [0.15, 0.2) is 6.73 Å². The molecule has 0 N–H and O–H groups in total. The summed E-state index contributed by atoms with van der Waals surface area (Å²) in [6.45, 7) is 5.83. The Hall–Kier alpha value is -2.95. The largest absolute Gasteiger partial charge is 0.443 e. The molecule has 2 aromatic carbocycles. The number of amides is 1. The standard InChI is InChI=1S/C22H23NO4/c1-14(2)12-16-8-10-17(11-9-16)15(3)22(26)27-13-23-19-7-5-4-6-18(19)20(24)21(23)25/h4-11,14-15H,12-13H2,1-3H3. The van der Waals surface area contributed by atoms with E-state index in [1.165, 1.54) is 10.5 Å². The summed E-state index contributed by atoms with van der Waals surface area (Å²) in [4.78, 5) is 37.7. The van der Waals surface area contributed by atoms with E-state index >= 15 is 0 Å². The van der Waals surface area contributed by atoms with Crippen molar-refractivity contribution in [3.8, 4) is 0 Å². The number of anilines is 1. The molecular formula is C22H23NO4. The molecule has 2 aromatic rings. The van der Waals surface area contributed by atoms with Gasteiger partial charge in [-0.25, -0.2) is 0 Å². The summed E-state index contributed by atoms with van der Waals surface area (Å²) in [7, 11) is 0. The van der Waals surface area contributed by atoms with Gasteiger partial charge in [-0.1, -0.05) is 50.2 Å². The summed E-state index contributed by atoms with van der Waals surface area (Å²) >= 11 is 0. The van der Waals surface area contributed by atoms with Gasteiger partial charge in [0.1, 0.15) is 0 Å². The first kappa shape index (κ1) is 18.8. The minimum Gasteiger partial charge on any atom is -0.443 e. The number of ether oxygens (including phenoxy) is 1. The van der Waals surface area contributed by atoms with E-state index in [9.17, 15) is 14.4 Å². The van der Waals surface area contributed by atoms with Gasteiger partial charge < -0.3 is 4.74 Å². The molecule has 0 saturated carbocycles. The van der Waals surface area contributed by atoms with Crippen molar-refractivity contribution in [3.05, 3.63) is 65.2 Å². The number of carbonyl (C=O) groups is 3. The average molecular weight is 365 g/mol. The van der Waals surface area contributed by atoms with E-state index < -0.39 is 23.6 Å². The molecule has 3 rings (SSSR count). The van der Waals surface area contributed by atoms with E-state index in [0.29, 0.717) is 17.2 Å². The van der Waals surface area contributed by atoms with E-state index in [0.717, 1.165) is 12.0 Å². The lowest BCUT2D eigenvalue weighted by atomic mass is 9.97. The fourth-order valence-corrected chi connectivity index (χ4v) is 3.18. The highest BCUT2D eigenvalue weighted by Gasteiger charge is 2.36. The molecule has 0 saturated heterocycles.